The topological polar surface area (TPSA) is 131 Å². The van der Waals surface area contributed by atoms with Crippen molar-refractivity contribution in [3.8, 4) is 11.5 Å². The Morgan fingerprint density at radius 2 is 1.93 bits per heavy atom. The summed E-state index contributed by atoms with van der Waals surface area (Å²) in [5, 5.41) is 8.81. The second-order valence-electron chi connectivity index (χ2n) is 6.40. The normalized spacial score (nSPS) is 13.3. The third kappa shape index (κ3) is 4.64. The van der Waals surface area contributed by atoms with Gasteiger partial charge in [-0.1, -0.05) is 0 Å². The second kappa shape index (κ2) is 8.86. The zero-order chi connectivity index (χ0) is 21.9. The van der Waals surface area contributed by atoms with Crippen LogP contribution in [0.2, 0.25) is 0 Å². The molecule has 0 atom stereocenters. The van der Waals surface area contributed by atoms with Crippen LogP contribution >= 0.6 is 11.3 Å². The molecule has 3 rings (SSSR count). The van der Waals surface area contributed by atoms with Crippen molar-refractivity contribution < 1.29 is 32.6 Å². The quantitative estimate of drug-likeness (QED) is 0.412. The Labute approximate surface area is 177 Å². The molecule has 1 amide bonds. The van der Waals surface area contributed by atoms with E-state index in [0.29, 0.717) is 4.88 Å². The molecule has 0 saturated carbocycles. The average molecular weight is 453 g/mol. The third-order valence-corrected chi connectivity index (χ3v) is 6.93. The molecule has 1 aliphatic carbocycles. The molecule has 0 fully saturated rings. The van der Waals surface area contributed by atoms with Gasteiger partial charge in [0.25, 0.3) is 15.9 Å². The Morgan fingerprint density at radius 3 is 2.57 bits per heavy atom. The van der Waals surface area contributed by atoms with E-state index in [1.165, 1.54) is 43.8 Å². The molecule has 11 heteroatoms. The fourth-order valence-corrected chi connectivity index (χ4v) is 5.29. The molecule has 0 bridgehead atoms. The monoisotopic (exact) mass is 452 g/mol. The number of carbonyl (C=O) groups is 2. The van der Waals surface area contributed by atoms with Crippen LogP contribution in [0.25, 0.3) is 6.08 Å². The molecule has 1 aromatic heterocycles. The summed E-state index contributed by atoms with van der Waals surface area (Å²) in [6, 6.07) is 4.43. The van der Waals surface area contributed by atoms with Crippen LogP contribution in [0, 0.1) is 0 Å². The van der Waals surface area contributed by atoms with Gasteiger partial charge in [0.15, 0.2) is 11.5 Å². The minimum absolute atomic E-state index is 0.0816. The van der Waals surface area contributed by atoms with Crippen LogP contribution in [0.1, 0.15) is 32.1 Å². The fourth-order valence-electron chi connectivity index (χ4n) is 3.08. The lowest BCUT2D eigenvalue weighted by Gasteiger charge is -2.15. The van der Waals surface area contributed by atoms with Gasteiger partial charge in [-0.3, -0.25) is 10.2 Å². The van der Waals surface area contributed by atoms with Crippen molar-refractivity contribution in [1.29, 1.82) is 0 Å². The maximum Gasteiger partial charge on any atom is 0.328 e. The summed E-state index contributed by atoms with van der Waals surface area (Å²) >= 11 is 1.35. The largest absolute Gasteiger partial charge is 0.493 e. The van der Waals surface area contributed by atoms with Crippen LogP contribution in [-0.4, -0.2) is 39.6 Å². The maximum atomic E-state index is 12.8. The first-order valence-electron chi connectivity index (χ1n) is 8.86. The van der Waals surface area contributed by atoms with Gasteiger partial charge in [0, 0.05) is 11.0 Å². The van der Waals surface area contributed by atoms with Crippen molar-refractivity contribution in [3.05, 3.63) is 45.2 Å². The van der Waals surface area contributed by atoms with E-state index >= 15 is 0 Å². The van der Waals surface area contributed by atoms with E-state index in [1.54, 1.807) is 6.07 Å². The van der Waals surface area contributed by atoms with Gasteiger partial charge in [-0.05, 0) is 54.7 Å². The summed E-state index contributed by atoms with van der Waals surface area (Å²) in [4.78, 5) is 26.5. The smallest absolute Gasteiger partial charge is 0.328 e. The molecule has 3 N–H and O–H groups in total. The molecule has 1 heterocycles. The van der Waals surface area contributed by atoms with E-state index in [2.05, 4.69) is 10.3 Å². The number of hydrogen-bond donors (Lipinski definition) is 3. The summed E-state index contributed by atoms with van der Waals surface area (Å²) in [6.07, 6.45) is 4.98. The molecule has 9 nitrogen and oxygen atoms in total. The number of hydrogen-bond acceptors (Lipinski definition) is 7. The number of aliphatic carboxylic acids is 1. The number of nitrogens with one attached hydrogen (secondary N) is 2. The second-order valence-corrected chi connectivity index (χ2v) is 9.19. The zero-order valence-electron chi connectivity index (χ0n) is 16.2. The summed E-state index contributed by atoms with van der Waals surface area (Å²) in [6.45, 7) is 0. The third-order valence-electron chi connectivity index (χ3n) is 4.44. The van der Waals surface area contributed by atoms with Gasteiger partial charge in [-0.15, -0.1) is 16.2 Å². The van der Waals surface area contributed by atoms with Gasteiger partial charge in [-0.2, -0.15) is 0 Å². The van der Waals surface area contributed by atoms with Crippen molar-refractivity contribution in [2.45, 2.75) is 24.2 Å². The lowest BCUT2D eigenvalue weighted by Crippen LogP contribution is -2.41. The number of fused-ring (bicyclic) bond motifs is 1. The van der Waals surface area contributed by atoms with Crippen LogP contribution in [0.15, 0.2) is 29.2 Å². The first-order valence-corrected chi connectivity index (χ1v) is 11.2. The molecule has 1 aliphatic rings. The molecule has 2 aromatic rings. The van der Waals surface area contributed by atoms with Crippen molar-refractivity contribution in [2.75, 3.05) is 14.2 Å². The first-order chi connectivity index (χ1) is 14.2. The number of carboxylic acid groups (broad SMARTS) is 1. The van der Waals surface area contributed by atoms with E-state index in [0.717, 1.165) is 35.8 Å². The SMILES string of the molecule is COc1cc(C=CC(=O)O)cc(S(=O)(=O)NNC(=O)c2cc3c(s2)CCC3)c1OC. The summed E-state index contributed by atoms with van der Waals surface area (Å²) in [5.41, 5.74) is 3.59. The van der Waals surface area contributed by atoms with E-state index in [-0.39, 0.29) is 22.0 Å². The minimum atomic E-state index is -4.26. The van der Waals surface area contributed by atoms with Gasteiger partial charge >= 0.3 is 5.97 Å². The number of carboxylic acids is 1. The van der Waals surface area contributed by atoms with Gasteiger partial charge in [0.1, 0.15) is 4.90 Å². The summed E-state index contributed by atoms with van der Waals surface area (Å²) < 4.78 is 36.0. The molecule has 160 valence electrons. The fraction of sp³-hybridized carbons (Fsp3) is 0.263. The molecule has 1 aromatic carbocycles. The zero-order valence-corrected chi connectivity index (χ0v) is 17.9. The number of amides is 1. The van der Waals surface area contributed by atoms with Gasteiger partial charge in [0.05, 0.1) is 19.1 Å². The van der Waals surface area contributed by atoms with Gasteiger partial charge in [0.2, 0.25) is 0 Å². The highest BCUT2D eigenvalue weighted by Gasteiger charge is 2.25. The predicted molar refractivity (Wildman–Crippen MR) is 110 cm³/mol. The number of ether oxygens (including phenoxy) is 2. The number of sulfonamides is 1. The van der Waals surface area contributed by atoms with Crippen molar-refractivity contribution in [3.63, 3.8) is 0 Å². The highest BCUT2D eigenvalue weighted by atomic mass is 32.2. The number of benzene rings is 1. The summed E-state index contributed by atoms with van der Waals surface area (Å²) in [7, 11) is -1.66. The number of methoxy groups -OCH3 is 2. The molecule has 0 radical (unpaired) electrons. The van der Waals surface area contributed by atoms with Crippen molar-refractivity contribution >= 4 is 39.3 Å². The van der Waals surface area contributed by atoms with E-state index in [1.807, 2.05) is 0 Å². The minimum Gasteiger partial charge on any atom is -0.493 e. The maximum absolute atomic E-state index is 12.8. The molecule has 30 heavy (non-hydrogen) atoms. The van der Waals surface area contributed by atoms with Crippen LogP contribution < -0.4 is 19.7 Å². The predicted octanol–water partition coefficient (Wildman–Crippen LogP) is 1.98. The van der Waals surface area contributed by atoms with E-state index in [9.17, 15) is 18.0 Å². The Balaban J connectivity index is 1.86. The van der Waals surface area contributed by atoms with Crippen molar-refractivity contribution in [1.82, 2.24) is 10.3 Å². The Kier molecular flexibility index (Phi) is 6.44. The number of rotatable bonds is 8. The lowest BCUT2D eigenvalue weighted by molar-refractivity contribution is -0.131. The highest BCUT2D eigenvalue weighted by molar-refractivity contribution is 7.89. The van der Waals surface area contributed by atoms with Crippen molar-refractivity contribution in [2.24, 2.45) is 0 Å². The Bertz CT molecular complexity index is 1100. The average Bonchev–Trinajstić information content (AvgIpc) is 3.32. The number of carbonyl (C=O) groups excluding carboxylic acids is 1. The first kappa shape index (κ1) is 21.8. The van der Waals surface area contributed by atoms with Crippen LogP contribution in [0.4, 0.5) is 0 Å². The van der Waals surface area contributed by atoms with E-state index in [4.69, 9.17) is 14.6 Å². The van der Waals surface area contributed by atoms with Gasteiger partial charge in [-0.25, -0.2) is 13.2 Å². The number of hydrazine groups is 1. The number of thiophene rings is 1. The number of aryl methyl sites for hydroxylation is 2. The molecule has 0 spiro atoms. The Morgan fingerprint density at radius 1 is 1.17 bits per heavy atom. The Hall–Kier alpha value is -2.89. The standard InChI is InChI=1S/C19H20N2O7S2/c1-27-13-8-11(6-7-17(22)23)9-16(18(13)28-2)30(25,26)21-20-19(24)15-10-12-4-3-5-14(12)29-15/h6-10,21H,3-5H2,1-2H3,(H,20,24)(H,22,23). The van der Waals surface area contributed by atoms with Crippen LogP contribution in [-0.2, 0) is 27.7 Å². The molecule has 0 aliphatic heterocycles. The van der Waals surface area contributed by atoms with E-state index < -0.39 is 21.9 Å². The highest BCUT2D eigenvalue weighted by Crippen LogP contribution is 2.36. The van der Waals surface area contributed by atoms with Crippen LogP contribution in [0.3, 0.4) is 0 Å². The molecular weight excluding hydrogens is 432 g/mol. The van der Waals surface area contributed by atoms with Crippen LogP contribution in [0.5, 0.6) is 11.5 Å². The molecular formula is C19H20N2O7S2. The molecule has 0 unspecified atom stereocenters. The molecule has 0 saturated heterocycles. The van der Waals surface area contributed by atoms with Gasteiger partial charge < -0.3 is 14.6 Å². The summed E-state index contributed by atoms with van der Waals surface area (Å²) in [5.74, 6) is -1.75. The lowest BCUT2D eigenvalue weighted by atomic mass is 10.2.